The zero-order valence-corrected chi connectivity index (χ0v) is 39.7. The third-order valence-corrected chi connectivity index (χ3v) is 15.4. The lowest BCUT2D eigenvalue weighted by molar-refractivity contribution is 0.549. The highest BCUT2D eigenvalue weighted by Gasteiger charge is 2.31. The first-order chi connectivity index (χ1) is 34.7. The summed E-state index contributed by atoms with van der Waals surface area (Å²) in [4.78, 5) is 0. The number of hydrogen-bond donors (Lipinski definition) is 1. The molecule has 0 saturated heterocycles. The Labute approximate surface area is 410 Å². The number of nitrogens with zero attached hydrogens (tertiary/aromatic N) is 2. The maximum absolute atomic E-state index is 4.47. The number of benzene rings is 9. The zero-order valence-electron chi connectivity index (χ0n) is 39.7. The topological polar surface area (TPSA) is 21.9 Å². The Bertz CT molecular complexity index is 3810. The first kappa shape index (κ1) is 42.0. The highest BCUT2D eigenvalue weighted by atomic mass is 15.2. The summed E-state index contributed by atoms with van der Waals surface area (Å²) in [7, 11) is 0. The lowest BCUT2D eigenvalue weighted by atomic mass is 9.80. The molecule has 9 aromatic carbocycles. The summed E-state index contributed by atoms with van der Waals surface area (Å²) < 4.78 is 5.20. The van der Waals surface area contributed by atoms with Crippen LogP contribution < -0.4 is 5.32 Å². The molecular formula is C67H55N3. The molecule has 0 spiro atoms. The summed E-state index contributed by atoms with van der Waals surface area (Å²) in [5.41, 5.74) is 20.6. The fraction of sp³-hybridized carbons (Fsp3) is 0.134. The maximum Gasteiger partial charge on any atom is 0.115 e. The van der Waals surface area contributed by atoms with E-state index in [1.165, 1.54) is 111 Å². The predicted octanol–water partition coefficient (Wildman–Crippen LogP) is 17.6. The minimum absolute atomic E-state index is 0.0728. The van der Waals surface area contributed by atoms with Crippen LogP contribution in [0.4, 0.5) is 0 Å². The van der Waals surface area contributed by atoms with E-state index in [-0.39, 0.29) is 12.0 Å². The number of aromatic nitrogens is 2. The van der Waals surface area contributed by atoms with Crippen LogP contribution in [0, 0.1) is 0 Å². The lowest BCUT2D eigenvalue weighted by Gasteiger charge is -2.29. The normalized spacial score (nSPS) is 18.0. The minimum Gasteiger partial charge on any atom is -0.364 e. The molecule has 2 atom stereocenters. The molecule has 13 rings (SSSR count). The Morgan fingerprint density at radius 2 is 1.07 bits per heavy atom. The molecule has 0 radical (unpaired) electrons. The maximum atomic E-state index is 4.47. The van der Waals surface area contributed by atoms with E-state index in [0.29, 0.717) is 0 Å². The molecule has 2 aromatic heterocycles. The molecule has 0 amide bonds. The lowest BCUT2D eigenvalue weighted by Crippen LogP contribution is -2.25. The molecule has 0 fully saturated rings. The van der Waals surface area contributed by atoms with E-state index in [2.05, 4.69) is 246 Å². The molecular weight excluding hydrogens is 847 g/mol. The van der Waals surface area contributed by atoms with Gasteiger partial charge in [-0.1, -0.05) is 207 Å². The van der Waals surface area contributed by atoms with Crippen LogP contribution >= 0.6 is 0 Å². The molecule has 0 saturated carbocycles. The van der Waals surface area contributed by atoms with E-state index >= 15 is 0 Å². The number of hydrogen-bond acceptors (Lipinski definition) is 1. The van der Waals surface area contributed by atoms with E-state index in [0.717, 1.165) is 44.2 Å². The van der Waals surface area contributed by atoms with E-state index in [1.807, 2.05) is 0 Å². The van der Waals surface area contributed by atoms with Crippen molar-refractivity contribution in [1.82, 2.24) is 14.5 Å². The van der Waals surface area contributed by atoms with Gasteiger partial charge in [0.1, 0.15) is 5.82 Å². The van der Waals surface area contributed by atoms with Gasteiger partial charge in [-0.05, 0) is 124 Å². The summed E-state index contributed by atoms with van der Waals surface area (Å²) in [6.45, 7) is 2.39. The highest BCUT2D eigenvalue weighted by Crippen LogP contribution is 2.48. The third kappa shape index (κ3) is 7.10. The highest BCUT2D eigenvalue weighted by molar-refractivity contribution is 6.24. The first-order valence-electron chi connectivity index (χ1n) is 25.4. The predicted molar refractivity (Wildman–Crippen MR) is 295 cm³/mol. The van der Waals surface area contributed by atoms with Crippen LogP contribution in [0.3, 0.4) is 0 Å². The Morgan fingerprint density at radius 3 is 1.80 bits per heavy atom. The van der Waals surface area contributed by atoms with E-state index in [9.17, 15) is 0 Å². The molecule has 1 aliphatic heterocycles. The summed E-state index contributed by atoms with van der Waals surface area (Å²) in [6, 6.07) is 81.4. The summed E-state index contributed by atoms with van der Waals surface area (Å²) in [5, 5.41) is 9.47. The van der Waals surface area contributed by atoms with E-state index in [4.69, 9.17) is 0 Å². The van der Waals surface area contributed by atoms with Gasteiger partial charge in [0.25, 0.3) is 0 Å². The van der Waals surface area contributed by atoms with E-state index in [1.54, 1.807) is 0 Å². The second-order valence-electron chi connectivity index (χ2n) is 19.3. The van der Waals surface area contributed by atoms with Gasteiger partial charge in [-0.15, -0.1) is 0 Å². The average molecular weight is 902 g/mol. The van der Waals surface area contributed by atoms with Gasteiger partial charge < -0.3 is 9.88 Å². The van der Waals surface area contributed by atoms with Crippen molar-refractivity contribution in [3.63, 3.8) is 0 Å². The zero-order chi connectivity index (χ0) is 46.5. The van der Waals surface area contributed by atoms with Gasteiger partial charge in [-0.2, -0.15) is 0 Å². The van der Waals surface area contributed by atoms with Crippen LogP contribution in [-0.4, -0.2) is 9.13 Å². The standard InChI is InChI=1S/C67H55N3/c1-2-52-54(57-41-40-48-24-9-10-27-53(48)55-29-11-12-30-56(55)57)28-13-16-33-62(49-38-36-47(37-39-49)45-20-5-3-6-21-45)68-67(52)70-64-35-18-15-32-59(64)61-43-42-60-58-31-14-17-34-63(58)69(65(60)66(61)70)51-26-19-25-50(44-51)46-22-7-4-8-23-46/h3-12,14-15,17-32,34-39,42-44,57,62,68H,2,13,16,33,40-41H2,1H3/b54-28+,67-52+. The molecule has 1 aliphatic carbocycles. The number of aryl methyl sites for hydroxylation is 1. The second-order valence-corrected chi connectivity index (χ2v) is 19.3. The fourth-order valence-electron chi connectivity index (χ4n) is 12.2. The third-order valence-electron chi connectivity index (χ3n) is 15.4. The van der Waals surface area contributed by atoms with Gasteiger partial charge in [0, 0.05) is 33.2 Å². The number of para-hydroxylation sites is 2. The molecule has 338 valence electrons. The number of rotatable bonds is 7. The van der Waals surface area contributed by atoms with Gasteiger partial charge in [0.2, 0.25) is 0 Å². The molecule has 1 N–H and O–H groups in total. The molecule has 2 aliphatic rings. The number of nitrogens with one attached hydrogen (secondary N) is 1. The Morgan fingerprint density at radius 1 is 0.486 bits per heavy atom. The molecule has 2 unspecified atom stereocenters. The Kier molecular flexibility index (Phi) is 10.6. The molecule has 11 aromatic rings. The van der Waals surface area contributed by atoms with Crippen molar-refractivity contribution in [1.29, 1.82) is 0 Å². The van der Waals surface area contributed by atoms with Gasteiger partial charge in [0.05, 0.1) is 28.1 Å². The fourth-order valence-corrected chi connectivity index (χ4v) is 12.2. The van der Waals surface area contributed by atoms with Crippen molar-refractivity contribution in [3.8, 4) is 39.1 Å². The van der Waals surface area contributed by atoms with Crippen LogP contribution in [0.2, 0.25) is 0 Å². The van der Waals surface area contributed by atoms with Crippen molar-refractivity contribution in [2.75, 3.05) is 0 Å². The van der Waals surface area contributed by atoms with Crippen molar-refractivity contribution in [2.45, 2.75) is 57.4 Å². The van der Waals surface area contributed by atoms with Crippen molar-refractivity contribution >= 4 is 49.4 Å². The largest absolute Gasteiger partial charge is 0.364 e. The van der Waals surface area contributed by atoms with Crippen molar-refractivity contribution < 1.29 is 0 Å². The van der Waals surface area contributed by atoms with Gasteiger partial charge in [-0.25, -0.2) is 0 Å². The van der Waals surface area contributed by atoms with Crippen LogP contribution in [0.25, 0.3) is 88.5 Å². The summed E-state index contributed by atoms with van der Waals surface area (Å²) in [6.07, 6.45) is 8.68. The van der Waals surface area contributed by atoms with Crippen molar-refractivity contribution in [2.24, 2.45) is 0 Å². The van der Waals surface area contributed by atoms with E-state index < -0.39 is 0 Å². The van der Waals surface area contributed by atoms with Crippen LogP contribution in [0.1, 0.15) is 67.7 Å². The average Bonchev–Trinajstić information content (AvgIpc) is 3.91. The molecule has 3 nitrogen and oxygen atoms in total. The summed E-state index contributed by atoms with van der Waals surface area (Å²) >= 11 is 0. The molecule has 0 bridgehead atoms. The Hall–Kier alpha value is -8.14. The first-order valence-corrected chi connectivity index (χ1v) is 25.4. The minimum atomic E-state index is 0.0728. The van der Waals surface area contributed by atoms with Crippen LogP contribution in [0.5, 0.6) is 0 Å². The van der Waals surface area contributed by atoms with Gasteiger partial charge in [-0.3, -0.25) is 4.57 Å². The number of fused-ring (bicyclic) bond motifs is 10. The quantitative estimate of drug-likeness (QED) is 0.169. The SMILES string of the molecule is CCC1=C(\n2c3ccccc3c3ccc4c5ccccc5n(-c5cccc(-c6ccccc6)c5)c4c32)NC(c2ccc(-c3ccccc3)cc2)CCC/C=C\1C1CCc2ccccc2-c2ccccc21. The Balaban J connectivity index is 1.10. The molecule has 70 heavy (non-hydrogen) atoms. The van der Waals surface area contributed by atoms with Crippen LogP contribution in [-0.2, 0) is 6.42 Å². The summed E-state index contributed by atoms with van der Waals surface area (Å²) in [5.74, 6) is 1.40. The second kappa shape index (κ2) is 17.7. The van der Waals surface area contributed by atoms with Gasteiger partial charge >= 0.3 is 0 Å². The number of allylic oxidation sites excluding steroid dienone is 3. The smallest absolute Gasteiger partial charge is 0.115 e. The van der Waals surface area contributed by atoms with Crippen molar-refractivity contribution in [3.05, 3.63) is 252 Å². The molecule has 3 heteroatoms. The van der Waals surface area contributed by atoms with Gasteiger partial charge in [0.15, 0.2) is 0 Å². The van der Waals surface area contributed by atoms with Crippen LogP contribution in [0.15, 0.2) is 236 Å². The monoisotopic (exact) mass is 901 g/mol. The molecule has 3 heterocycles.